The minimum Gasteiger partial charge on any atom is -0.412 e. The predicted molar refractivity (Wildman–Crippen MR) is 77.4 cm³/mol. The van der Waals surface area contributed by atoms with E-state index in [1.807, 2.05) is 35.7 Å². The van der Waals surface area contributed by atoms with Crippen molar-refractivity contribution in [3.05, 3.63) is 63.9 Å². The van der Waals surface area contributed by atoms with E-state index in [0.717, 1.165) is 11.1 Å². The zero-order chi connectivity index (χ0) is 12.5. The molecule has 96 valence electrons. The van der Waals surface area contributed by atoms with Crippen molar-refractivity contribution in [1.29, 1.82) is 0 Å². The smallest absolute Gasteiger partial charge is 0.197 e. The molecule has 4 N–H and O–H groups in total. The van der Waals surface area contributed by atoms with Gasteiger partial charge in [-0.25, -0.2) is 4.99 Å². The Morgan fingerprint density at radius 3 is 2.58 bits per heavy atom. The number of fused-ring (bicyclic) bond motifs is 1. The second-order valence-electron chi connectivity index (χ2n) is 3.91. The van der Waals surface area contributed by atoms with Gasteiger partial charge < -0.3 is 11.2 Å². The topological polar surface area (TPSA) is 86.9 Å². The van der Waals surface area contributed by atoms with Crippen LogP contribution >= 0.6 is 11.3 Å². The van der Waals surface area contributed by atoms with Crippen LogP contribution in [0.15, 0.2) is 52.8 Å². The Kier molecular flexibility index (Phi) is 3.59. The Hall–Kier alpha value is -2.24. The van der Waals surface area contributed by atoms with E-state index in [0.29, 0.717) is 16.4 Å². The fourth-order valence-electron chi connectivity index (χ4n) is 1.90. The molecule has 0 amide bonds. The first-order valence-electron chi connectivity index (χ1n) is 5.49. The molecule has 1 aliphatic heterocycles. The minimum absolute atomic E-state index is 0. The van der Waals surface area contributed by atoms with E-state index >= 15 is 0 Å². The van der Waals surface area contributed by atoms with E-state index in [9.17, 15) is 4.79 Å². The number of aliphatic imine (C=N–C) groups is 1. The lowest BCUT2D eigenvalue weighted by molar-refractivity contribution is 0.105. The molecule has 2 aromatic rings. The highest BCUT2D eigenvalue weighted by Crippen LogP contribution is 2.27. The van der Waals surface area contributed by atoms with Crippen molar-refractivity contribution in [3.63, 3.8) is 0 Å². The van der Waals surface area contributed by atoms with Crippen molar-refractivity contribution < 1.29 is 10.3 Å². The molecule has 3 rings (SSSR count). The molecule has 1 aromatic heterocycles. The van der Waals surface area contributed by atoms with Crippen LogP contribution in [0.4, 0.5) is 0 Å². The van der Waals surface area contributed by atoms with Crippen LogP contribution in [0.1, 0.15) is 20.8 Å². The van der Waals surface area contributed by atoms with E-state index in [1.165, 1.54) is 11.3 Å². The number of thiophene rings is 1. The number of benzene rings is 1. The fraction of sp³-hybridized carbons (Fsp3) is 0. The van der Waals surface area contributed by atoms with Crippen molar-refractivity contribution in [2.75, 3.05) is 0 Å². The molecular weight excluding hydrogens is 260 g/mol. The highest BCUT2D eigenvalue weighted by Gasteiger charge is 2.18. The number of hydrogen-bond acceptors (Lipinski definition) is 4. The fourth-order valence-corrected chi connectivity index (χ4v) is 2.54. The maximum absolute atomic E-state index is 12.0. The Morgan fingerprint density at radius 1 is 1.16 bits per heavy atom. The number of nitrogens with zero attached hydrogens (tertiary/aromatic N) is 1. The minimum atomic E-state index is -0.0340. The van der Waals surface area contributed by atoms with E-state index in [-0.39, 0.29) is 11.3 Å². The molecule has 4 nitrogen and oxygen atoms in total. The molecule has 0 saturated heterocycles. The number of rotatable bonds is 2. The zero-order valence-electron chi connectivity index (χ0n) is 9.96. The summed E-state index contributed by atoms with van der Waals surface area (Å²) in [6.45, 7) is 0. The van der Waals surface area contributed by atoms with Gasteiger partial charge >= 0.3 is 0 Å². The second-order valence-corrected chi connectivity index (χ2v) is 4.86. The molecule has 5 heteroatoms. The average molecular weight is 272 g/mol. The highest BCUT2D eigenvalue weighted by molar-refractivity contribution is 7.12. The van der Waals surface area contributed by atoms with Crippen LogP contribution < -0.4 is 5.73 Å². The number of amidine groups is 1. The van der Waals surface area contributed by atoms with Crippen molar-refractivity contribution >= 4 is 28.7 Å². The first-order valence-corrected chi connectivity index (χ1v) is 6.37. The monoisotopic (exact) mass is 272 g/mol. The molecule has 0 fully saturated rings. The third-order valence-corrected chi connectivity index (χ3v) is 3.64. The van der Waals surface area contributed by atoms with Gasteiger partial charge in [-0.2, -0.15) is 0 Å². The quantitative estimate of drug-likeness (QED) is 0.668. The molecule has 0 unspecified atom stereocenters. The first-order chi connectivity index (χ1) is 8.75. The van der Waals surface area contributed by atoms with Crippen LogP contribution in [-0.4, -0.2) is 17.1 Å². The van der Waals surface area contributed by atoms with Crippen LogP contribution in [0.5, 0.6) is 0 Å². The Balaban J connectivity index is 0.00000133. The average Bonchev–Trinajstić information content (AvgIpc) is 3.00. The summed E-state index contributed by atoms with van der Waals surface area (Å²) in [5.41, 5.74) is 8.28. The lowest BCUT2D eigenvalue weighted by Gasteiger charge is -1.98. The first kappa shape index (κ1) is 13.2. The van der Waals surface area contributed by atoms with Crippen molar-refractivity contribution in [1.82, 2.24) is 0 Å². The number of allylic oxidation sites excluding steroid dienone is 1. The molecular formula is C14H12N2O2S. The largest absolute Gasteiger partial charge is 0.412 e. The predicted octanol–water partition coefficient (Wildman–Crippen LogP) is 1.87. The molecule has 0 radical (unpaired) electrons. The molecule has 0 atom stereocenters. The van der Waals surface area contributed by atoms with Gasteiger partial charge in [-0.3, -0.25) is 4.79 Å². The van der Waals surface area contributed by atoms with Gasteiger partial charge in [0.15, 0.2) is 5.78 Å². The summed E-state index contributed by atoms with van der Waals surface area (Å²) in [6, 6.07) is 11.3. The maximum atomic E-state index is 12.0. The van der Waals surface area contributed by atoms with Gasteiger partial charge in [0.05, 0.1) is 10.6 Å². The van der Waals surface area contributed by atoms with E-state index in [1.54, 1.807) is 12.1 Å². The normalized spacial score (nSPS) is 14.7. The Bertz CT molecular complexity index is 673. The summed E-state index contributed by atoms with van der Waals surface area (Å²) in [5, 5.41) is 1.88. The molecule has 19 heavy (non-hydrogen) atoms. The number of carbonyl (C=O) groups is 1. The van der Waals surface area contributed by atoms with Gasteiger partial charge in [0, 0.05) is 17.2 Å². The van der Waals surface area contributed by atoms with Crippen molar-refractivity contribution in [2.45, 2.75) is 0 Å². The number of hydrogen-bond donors (Lipinski definition) is 1. The molecule has 0 saturated carbocycles. The van der Waals surface area contributed by atoms with Gasteiger partial charge in [0.1, 0.15) is 5.84 Å². The number of ketones is 1. The summed E-state index contributed by atoms with van der Waals surface area (Å²) < 4.78 is 0. The SMILES string of the molecule is NC1=N/C(=C\C(=O)c2cccs2)c2ccccc21.O. The second kappa shape index (κ2) is 5.17. The lowest BCUT2D eigenvalue weighted by atomic mass is 10.1. The third-order valence-electron chi connectivity index (χ3n) is 2.75. The van der Waals surface area contributed by atoms with Gasteiger partial charge in [0.2, 0.25) is 0 Å². The zero-order valence-corrected chi connectivity index (χ0v) is 10.8. The molecule has 0 spiro atoms. The van der Waals surface area contributed by atoms with Crippen LogP contribution in [0.3, 0.4) is 0 Å². The summed E-state index contributed by atoms with van der Waals surface area (Å²) in [4.78, 5) is 17.0. The lowest BCUT2D eigenvalue weighted by Crippen LogP contribution is -2.09. The van der Waals surface area contributed by atoms with Crippen LogP contribution in [0, 0.1) is 0 Å². The van der Waals surface area contributed by atoms with E-state index in [4.69, 9.17) is 5.73 Å². The maximum Gasteiger partial charge on any atom is 0.197 e. The van der Waals surface area contributed by atoms with Crippen LogP contribution in [0.2, 0.25) is 0 Å². The summed E-state index contributed by atoms with van der Waals surface area (Å²) in [6.07, 6.45) is 1.55. The molecule has 1 aromatic carbocycles. The number of carbonyl (C=O) groups excluding carboxylic acids is 1. The Labute approximate surface area is 114 Å². The van der Waals surface area contributed by atoms with Crippen molar-refractivity contribution in [2.24, 2.45) is 10.7 Å². The third kappa shape index (κ3) is 2.33. The molecule has 2 heterocycles. The highest BCUT2D eigenvalue weighted by atomic mass is 32.1. The van der Waals surface area contributed by atoms with Gasteiger partial charge in [-0.1, -0.05) is 30.3 Å². The molecule has 1 aliphatic rings. The van der Waals surface area contributed by atoms with E-state index < -0.39 is 0 Å². The van der Waals surface area contributed by atoms with Gasteiger partial charge in [0.25, 0.3) is 0 Å². The van der Waals surface area contributed by atoms with Gasteiger partial charge in [-0.15, -0.1) is 11.3 Å². The summed E-state index contributed by atoms with van der Waals surface area (Å²) in [5.74, 6) is 0.434. The summed E-state index contributed by atoms with van der Waals surface area (Å²) >= 11 is 1.42. The Morgan fingerprint density at radius 2 is 1.89 bits per heavy atom. The molecule has 0 bridgehead atoms. The number of nitrogens with two attached hydrogens (primary N) is 1. The van der Waals surface area contributed by atoms with Gasteiger partial charge in [-0.05, 0) is 11.4 Å². The standard InChI is InChI=1S/C14H10N2OS.H2O/c15-14-10-5-2-1-4-9(10)11(16-14)8-12(17)13-6-3-7-18-13;/h1-8H,(H2,15,16);1H2/b11-8-;. The van der Waals surface area contributed by atoms with Crippen LogP contribution in [-0.2, 0) is 0 Å². The van der Waals surface area contributed by atoms with Crippen LogP contribution in [0.25, 0.3) is 5.70 Å². The van der Waals surface area contributed by atoms with Crippen molar-refractivity contribution in [3.8, 4) is 0 Å². The summed E-state index contributed by atoms with van der Waals surface area (Å²) in [7, 11) is 0. The van der Waals surface area contributed by atoms with E-state index in [2.05, 4.69) is 4.99 Å². The molecule has 0 aliphatic carbocycles.